The smallest absolute Gasteiger partial charge is 0.254 e. The standard InChI is InChI=1S/C18H13N3OS/c19-9-17(13-4-2-1-3-5-13)21-18(22)16-8-15(10-20-11-16)14-6-7-23-12-14/h1-8,10-12,17H,(H,21,22). The Labute approximate surface area is 138 Å². The summed E-state index contributed by atoms with van der Waals surface area (Å²) in [6.45, 7) is 0. The summed E-state index contributed by atoms with van der Waals surface area (Å²) in [5.41, 5.74) is 3.10. The van der Waals surface area contributed by atoms with Crippen molar-refractivity contribution < 1.29 is 4.79 Å². The van der Waals surface area contributed by atoms with Gasteiger partial charge < -0.3 is 5.32 Å². The molecule has 0 aliphatic rings. The summed E-state index contributed by atoms with van der Waals surface area (Å²) in [4.78, 5) is 16.5. The molecule has 0 bridgehead atoms. The maximum absolute atomic E-state index is 12.4. The predicted octanol–water partition coefficient (Wildman–Crippen LogP) is 3.80. The molecule has 1 atom stereocenters. The van der Waals surface area contributed by atoms with Crippen LogP contribution in [0.4, 0.5) is 0 Å². The zero-order valence-corrected chi connectivity index (χ0v) is 13.0. The van der Waals surface area contributed by atoms with Crippen molar-refractivity contribution in [2.75, 3.05) is 0 Å². The lowest BCUT2D eigenvalue weighted by atomic mass is 10.1. The molecular weight excluding hydrogens is 306 g/mol. The topological polar surface area (TPSA) is 65.8 Å². The van der Waals surface area contributed by atoms with Gasteiger partial charge in [0.05, 0.1) is 11.6 Å². The van der Waals surface area contributed by atoms with Crippen LogP contribution in [0, 0.1) is 11.3 Å². The SMILES string of the molecule is N#CC(NC(=O)c1cncc(-c2ccsc2)c1)c1ccccc1. The Morgan fingerprint density at radius 1 is 1.17 bits per heavy atom. The van der Waals surface area contributed by atoms with Crippen LogP contribution in [0.25, 0.3) is 11.1 Å². The third kappa shape index (κ3) is 3.44. The van der Waals surface area contributed by atoms with Gasteiger partial charge in [0, 0.05) is 18.0 Å². The van der Waals surface area contributed by atoms with Gasteiger partial charge in [-0.25, -0.2) is 0 Å². The van der Waals surface area contributed by atoms with Gasteiger partial charge in [0.1, 0.15) is 6.04 Å². The fraction of sp³-hybridized carbons (Fsp3) is 0.0556. The number of pyridine rings is 1. The van der Waals surface area contributed by atoms with Gasteiger partial charge in [-0.1, -0.05) is 30.3 Å². The summed E-state index contributed by atoms with van der Waals surface area (Å²) in [7, 11) is 0. The van der Waals surface area contributed by atoms with Gasteiger partial charge in [-0.15, -0.1) is 0 Å². The van der Waals surface area contributed by atoms with Crippen molar-refractivity contribution >= 4 is 17.2 Å². The Morgan fingerprint density at radius 2 is 2.00 bits per heavy atom. The predicted molar refractivity (Wildman–Crippen MR) is 89.8 cm³/mol. The van der Waals surface area contributed by atoms with Gasteiger partial charge in [-0.2, -0.15) is 16.6 Å². The van der Waals surface area contributed by atoms with Crippen molar-refractivity contribution in [1.82, 2.24) is 10.3 Å². The molecule has 1 aromatic carbocycles. The first-order valence-corrected chi connectivity index (χ1v) is 7.95. The molecule has 4 nitrogen and oxygen atoms in total. The van der Waals surface area contributed by atoms with E-state index in [4.69, 9.17) is 0 Å². The molecule has 0 aliphatic carbocycles. The van der Waals surface area contributed by atoms with E-state index < -0.39 is 6.04 Å². The van der Waals surface area contributed by atoms with Crippen LogP contribution in [0.3, 0.4) is 0 Å². The minimum absolute atomic E-state index is 0.315. The number of nitrogens with one attached hydrogen (secondary N) is 1. The van der Waals surface area contributed by atoms with Crippen molar-refractivity contribution in [2.45, 2.75) is 6.04 Å². The Balaban J connectivity index is 1.81. The number of nitrogens with zero attached hydrogens (tertiary/aromatic N) is 2. The first-order valence-electron chi connectivity index (χ1n) is 7.01. The van der Waals surface area contributed by atoms with Crippen molar-refractivity contribution in [1.29, 1.82) is 5.26 Å². The molecule has 3 rings (SSSR count). The molecule has 1 amide bonds. The number of carbonyl (C=O) groups is 1. The highest BCUT2D eigenvalue weighted by Crippen LogP contribution is 2.22. The third-order valence-electron chi connectivity index (χ3n) is 3.39. The fourth-order valence-corrected chi connectivity index (χ4v) is 2.87. The van der Waals surface area contributed by atoms with E-state index in [1.807, 2.05) is 47.2 Å². The van der Waals surface area contributed by atoms with E-state index in [-0.39, 0.29) is 5.91 Å². The van der Waals surface area contributed by atoms with Gasteiger partial charge in [-0.05, 0) is 34.0 Å². The maximum atomic E-state index is 12.4. The van der Waals surface area contributed by atoms with E-state index in [9.17, 15) is 10.1 Å². The number of thiophene rings is 1. The van der Waals surface area contributed by atoms with Crippen molar-refractivity contribution in [2.24, 2.45) is 0 Å². The molecule has 0 fully saturated rings. The zero-order chi connectivity index (χ0) is 16.1. The van der Waals surface area contributed by atoms with Crippen LogP contribution < -0.4 is 5.32 Å². The summed E-state index contributed by atoms with van der Waals surface area (Å²) >= 11 is 1.59. The van der Waals surface area contributed by atoms with Crippen molar-refractivity contribution in [3.05, 3.63) is 76.7 Å². The van der Waals surface area contributed by atoms with Crippen molar-refractivity contribution in [3.63, 3.8) is 0 Å². The second-order valence-corrected chi connectivity index (χ2v) is 5.70. The summed E-state index contributed by atoms with van der Waals surface area (Å²) in [6.07, 6.45) is 3.22. The maximum Gasteiger partial charge on any atom is 0.254 e. The summed E-state index contributed by atoms with van der Waals surface area (Å²) in [5, 5.41) is 16.0. The lowest BCUT2D eigenvalue weighted by Gasteiger charge is -2.12. The lowest BCUT2D eigenvalue weighted by molar-refractivity contribution is 0.0945. The molecule has 0 spiro atoms. The average molecular weight is 319 g/mol. The molecule has 2 heterocycles. The summed E-state index contributed by atoms with van der Waals surface area (Å²) < 4.78 is 0. The van der Waals surface area contributed by atoms with E-state index in [0.717, 1.165) is 16.7 Å². The highest BCUT2D eigenvalue weighted by atomic mass is 32.1. The molecule has 0 radical (unpaired) electrons. The number of benzene rings is 1. The van der Waals surface area contributed by atoms with E-state index in [2.05, 4.69) is 16.4 Å². The van der Waals surface area contributed by atoms with Gasteiger partial charge in [-0.3, -0.25) is 9.78 Å². The summed E-state index contributed by atoms with van der Waals surface area (Å²) in [6, 6.07) is 14.4. The van der Waals surface area contributed by atoms with Crippen LogP contribution in [-0.2, 0) is 0 Å². The Hall–Kier alpha value is -2.97. The molecule has 0 saturated heterocycles. The molecule has 5 heteroatoms. The monoisotopic (exact) mass is 319 g/mol. The minimum Gasteiger partial charge on any atom is -0.332 e. The van der Waals surface area contributed by atoms with Gasteiger partial charge in [0.2, 0.25) is 0 Å². The number of hydrogen-bond acceptors (Lipinski definition) is 4. The van der Waals surface area contributed by atoms with Crippen LogP contribution in [-0.4, -0.2) is 10.9 Å². The van der Waals surface area contributed by atoms with Crippen LogP contribution in [0.15, 0.2) is 65.6 Å². The number of aromatic nitrogens is 1. The molecule has 3 aromatic rings. The van der Waals surface area contributed by atoms with Gasteiger partial charge >= 0.3 is 0 Å². The highest BCUT2D eigenvalue weighted by Gasteiger charge is 2.15. The van der Waals surface area contributed by atoms with Crippen LogP contribution in [0.1, 0.15) is 22.0 Å². The molecule has 2 aromatic heterocycles. The molecule has 1 unspecified atom stereocenters. The molecule has 112 valence electrons. The third-order valence-corrected chi connectivity index (χ3v) is 4.08. The second kappa shape index (κ2) is 6.86. The van der Waals surface area contributed by atoms with Crippen LogP contribution in [0.5, 0.6) is 0 Å². The van der Waals surface area contributed by atoms with E-state index in [1.165, 1.54) is 6.20 Å². The number of nitriles is 1. The van der Waals surface area contributed by atoms with Crippen molar-refractivity contribution in [3.8, 4) is 17.2 Å². The second-order valence-electron chi connectivity index (χ2n) is 4.92. The fourth-order valence-electron chi connectivity index (χ4n) is 2.20. The Morgan fingerprint density at radius 3 is 2.70 bits per heavy atom. The first-order chi connectivity index (χ1) is 11.3. The molecule has 23 heavy (non-hydrogen) atoms. The number of rotatable bonds is 4. The Bertz CT molecular complexity index is 838. The molecule has 0 aliphatic heterocycles. The lowest BCUT2D eigenvalue weighted by Crippen LogP contribution is -2.27. The average Bonchev–Trinajstić information content (AvgIpc) is 3.15. The van der Waals surface area contributed by atoms with Gasteiger partial charge in [0.25, 0.3) is 5.91 Å². The van der Waals surface area contributed by atoms with E-state index >= 15 is 0 Å². The quantitative estimate of drug-likeness (QED) is 0.795. The zero-order valence-electron chi connectivity index (χ0n) is 12.1. The first kappa shape index (κ1) is 14.9. The minimum atomic E-state index is -0.687. The van der Waals surface area contributed by atoms with Crippen LogP contribution >= 0.6 is 11.3 Å². The van der Waals surface area contributed by atoms with E-state index in [0.29, 0.717) is 5.56 Å². The Kier molecular flexibility index (Phi) is 4.46. The number of hydrogen-bond donors (Lipinski definition) is 1. The van der Waals surface area contributed by atoms with Crippen LogP contribution in [0.2, 0.25) is 0 Å². The normalized spacial score (nSPS) is 11.4. The molecule has 1 N–H and O–H groups in total. The number of amides is 1. The molecule has 0 saturated carbocycles. The largest absolute Gasteiger partial charge is 0.332 e. The molecular formula is C18H13N3OS. The summed E-state index contributed by atoms with van der Waals surface area (Å²) in [5.74, 6) is -0.315. The van der Waals surface area contributed by atoms with Gasteiger partial charge in [0.15, 0.2) is 0 Å². The van der Waals surface area contributed by atoms with E-state index in [1.54, 1.807) is 23.6 Å². The number of carbonyl (C=O) groups excluding carboxylic acids is 1. The highest BCUT2D eigenvalue weighted by molar-refractivity contribution is 7.08.